The van der Waals surface area contributed by atoms with Gasteiger partial charge in [0.05, 0.1) is 16.2 Å². The zero-order chi connectivity index (χ0) is 16.0. The van der Waals surface area contributed by atoms with Gasteiger partial charge in [-0.1, -0.05) is 13.0 Å². The van der Waals surface area contributed by atoms with E-state index in [1.807, 2.05) is 6.92 Å². The Balaban J connectivity index is 2.89. The molecule has 1 unspecified atom stereocenters. The van der Waals surface area contributed by atoms with Crippen molar-refractivity contribution in [2.75, 3.05) is 11.9 Å². The van der Waals surface area contributed by atoms with E-state index in [4.69, 9.17) is 5.11 Å². The van der Waals surface area contributed by atoms with E-state index >= 15 is 0 Å². The number of aryl methyl sites for hydroxylation is 1. The zero-order valence-corrected chi connectivity index (χ0v) is 12.5. The molecule has 0 saturated heterocycles. The Kier molecular flexibility index (Phi) is 6.10. The van der Waals surface area contributed by atoms with Crippen molar-refractivity contribution >= 4 is 17.4 Å². The van der Waals surface area contributed by atoms with Crippen LogP contribution < -0.4 is 10.6 Å². The molecule has 21 heavy (non-hydrogen) atoms. The van der Waals surface area contributed by atoms with Crippen LogP contribution in [0.2, 0.25) is 0 Å². The molecule has 0 aliphatic carbocycles. The van der Waals surface area contributed by atoms with E-state index < -0.39 is 11.0 Å². The molecule has 0 heterocycles. The second-order valence-corrected chi connectivity index (χ2v) is 4.87. The van der Waals surface area contributed by atoms with E-state index in [0.29, 0.717) is 24.1 Å². The van der Waals surface area contributed by atoms with Crippen LogP contribution in [0.25, 0.3) is 0 Å². The first-order valence-corrected chi connectivity index (χ1v) is 6.83. The number of nitrogens with zero attached hydrogens (tertiary/aromatic N) is 1. The minimum atomic E-state index is -0.474. The lowest BCUT2D eigenvalue weighted by Crippen LogP contribution is -2.38. The summed E-state index contributed by atoms with van der Waals surface area (Å²) in [5.74, 6) is 0. The average Bonchev–Trinajstić information content (AvgIpc) is 2.42. The van der Waals surface area contributed by atoms with Crippen LogP contribution in [0, 0.1) is 24.0 Å². The maximum atomic E-state index is 12.0. The highest BCUT2D eigenvalue weighted by molar-refractivity contribution is 5.92. The molecule has 0 aliphatic heterocycles. The number of amides is 2. The number of aliphatic hydroxyl groups excluding tert-OH is 1. The lowest BCUT2D eigenvalue weighted by Gasteiger charge is -2.18. The number of nitro groups is 1. The molecule has 3 N–H and O–H groups in total. The summed E-state index contributed by atoms with van der Waals surface area (Å²) in [6, 6.07) is 2.47. The third-order valence-corrected chi connectivity index (χ3v) is 3.39. The van der Waals surface area contributed by atoms with E-state index in [-0.39, 0.29) is 18.3 Å². The number of anilines is 1. The Morgan fingerprint density at radius 2 is 2.10 bits per heavy atom. The standard InChI is InChI=1S/C14H21N3O4/c1-4-11(7-8-18)15-14(19)16-13-9(2)5-6-12(10(13)3)17(20)21/h5-6,11,18H,4,7-8H2,1-3H3,(H2,15,16,19). The first kappa shape index (κ1) is 16.9. The first-order valence-electron chi connectivity index (χ1n) is 6.83. The maximum Gasteiger partial charge on any atom is 0.319 e. The van der Waals surface area contributed by atoms with Gasteiger partial charge in [-0.15, -0.1) is 0 Å². The number of benzene rings is 1. The molecule has 0 bridgehead atoms. The Morgan fingerprint density at radius 3 is 2.62 bits per heavy atom. The van der Waals surface area contributed by atoms with Gasteiger partial charge in [0, 0.05) is 18.7 Å². The Morgan fingerprint density at radius 1 is 1.43 bits per heavy atom. The normalized spacial score (nSPS) is 11.8. The fourth-order valence-electron chi connectivity index (χ4n) is 2.10. The molecule has 0 aliphatic rings. The lowest BCUT2D eigenvalue weighted by molar-refractivity contribution is -0.385. The maximum absolute atomic E-state index is 12.0. The van der Waals surface area contributed by atoms with Crippen LogP contribution in [-0.2, 0) is 0 Å². The highest BCUT2D eigenvalue weighted by Crippen LogP contribution is 2.28. The van der Waals surface area contributed by atoms with Crippen molar-refractivity contribution in [3.05, 3.63) is 33.4 Å². The van der Waals surface area contributed by atoms with Crippen molar-refractivity contribution in [2.24, 2.45) is 0 Å². The summed E-state index contributed by atoms with van der Waals surface area (Å²) in [5, 5.41) is 25.2. The minimum absolute atomic E-state index is 0.00630. The van der Waals surface area contributed by atoms with Gasteiger partial charge in [0.15, 0.2) is 0 Å². The van der Waals surface area contributed by atoms with Gasteiger partial charge in [-0.05, 0) is 32.3 Å². The van der Waals surface area contributed by atoms with Crippen molar-refractivity contribution in [3.8, 4) is 0 Å². The molecule has 2 amide bonds. The average molecular weight is 295 g/mol. The number of carbonyl (C=O) groups is 1. The summed E-state index contributed by atoms with van der Waals surface area (Å²) in [4.78, 5) is 22.4. The van der Waals surface area contributed by atoms with Crippen LogP contribution in [-0.4, -0.2) is 28.7 Å². The number of rotatable bonds is 6. The van der Waals surface area contributed by atoms with Crippen LogP contribution in [0.5, 0.6) is 0 Å². The highest BCUT2D eigenvalue weighted by Gasteiger charge is 2.18. The van der Waals surface area contributed by atoms with Crippen molar-refractivity contribution in [1.29, 1.82) is 0 Å². The predicted octanol–water partition coefficient (Wildman–Crippen LogP) is 2.49. The predicted molar refractivity (Wildman–Crippen MR) is 80.5 cm³/mol. The topological polar surface area (TPSA) is 104 Å². The van der Waals surface area contributed by atoms with Crippen molar-refractivity contribution in [2.45, 2.75) is 39.7 Å². The minimum Gasteiger partial charge on any atom is -0.396 e. The quantitative estimate of drug-likeness (QED) is 0.554. The second-order valence-electron chi connectivity index (χ2n) is 4.87. The SMILES string of the molecule is CCC(CCO)NC(=O)Nc1c(C)ccc([N+](=O)[O-])c1C. The fraction of sp³-hybridized carbons (Fsp3) is 0.500. The van der Waals surface area contributed by atoms with E-state index in [2.05, 4.69) is 10.6 Å². The molecule has 0 radical (unpaired) electrons. The van der Waals surface area contributed by atoms with Gasteiger partial charge in [0.1, 0.15) is 0 Å². The molecule has 1 atom stereocenters. The van der Waals surface area contributed by atoms with Crippen LogP contribution in [0.3, 0.4) is 0 Å². The van der Waals surface area contributed by atoms with Crippen LogP contribution >= 0.6 is 0 Å². The summed E-state index contributed by atoms with van der Waals surface area (Å²) >= 11 is 0. The molecular weight excluding hydrogens is 274 g/mol. The summed E-state index contributed by atoms with van der Waals surface area (Å²) in [6.07, 6.45) is 1.16. The van der Waals surface area contributed by atoms with Crippen LogP contribution in [0.4, 0.5) is 16.2 Å². The third kappa shape index (κ3) is 4.42. The molecule has 0 aromatic heterocycles. The van der Waals surface area contributed by atoms with Gasteiger partial charge < -0.3 is 15.7 Å². The van der Waals surface area contributed by atoms with Crippen molar-refractivity contribution < 1.29 is 14.8 Å². The monoisotopic (exact) mass is 295 g/mol. The number of urea groups is 1. The van der Waals surface area contributed by atoms with Crippen molar-refractivity contribution in [1.82, 2.24) is 5.32 Å². The Labute approximate surface area is 123 Å². The summed E-state index contributed by atoms with van der Waals surface area (Å²) in [6.45, 7) is 5.28. The highest BCUT2D eigenvalue weighted by atomic mass is 16.6. The Hall–Kier alpha value is -2.15. The molecule has 1 rings (SSSR count). The third-order valence-electron chi connectivity index (χ3n) is 3.39. The van der Waals surface area contributed by atoms with Crippen LogP contribution in [0.15, 0.2) is 12.1 Å². The number of aliphatic hydroxyl groups is 1. The van der Waals surface area contributed by atoms with Gasteiger partial charge in [-0.2, -0.15) is 0 Å². The van der Waals surface area contributed by atoms with Crippen molar-refractivity contribution in [3.63, 3.8) is 0 Å². The molecule has 0 saturated carbocycles. The second kappa shape index (κ2) is 7.58. The molecule has 7 heteroatoms. The number of hydrogen-bond acceptors (Lipinski definition) is 4. The van der Waals surface area contributed by atoms with Crippen LogP contribution in [0.1, 0.15) is 30.9 Å². The molecule has 116 valence electrons. The number of hydrogen-bond donors (Lipinski definition) is 3. The van der Waals surface area contributed by atoms with E-state index in [9.17, 15) is 14.9 Å². The summed E-state index contributed by atoms with van der Waals surface area (Å²) in [7, 11) is 0. The molecule has 7 nitrogen and oxygen atoms in total. The van der Waals surface area contributed by atoms with Gasteiger partial charge in [0.2, 0.25) is 0 Å². The lowest BCUT2D eigenvalue weighted by atomic mass is 10.1. The zero-order valence-electron chi connectivity index (χ0n) is 12.5. The summed E-state index contributed by atoms with van der Waals surface area (Å²) in [5.41, 5.74) is 1.59. The fourth-order valence-corrected chi connectivity index (χ4v) is 2.10. The first-order chi connectivity index (χ1) is 9.90. The number of nitrogens with one attached hydrogen (secondary N) is 2. The number of nitro benzene ring substituents is 1. The van der Waals surface area contributed by atoms with E-state index in [0.717, 1.165) is 5.56 Å². The largest absolute Gasteiger partial charge is 0.396 e. The Bertz CT molecular complexity index is 531. The van der Waals surface area contributed by atoms with Gasteiger partial charge in [-0.25, -0.2) is 4.79 Å². The molecule has 1 aromatic carbocycles. The molecule has 0 spiro atoms. The molecule has 0 fully saturated rings. The van der Waals surface area contributed by atoms with Gasteiger partial charge in [0.25, 0.3) is 5.69 Å². The number of carbonyl (C=O) groups excluding carboxylic acids is 1. The molecular formula is C14H21N3O4. The van der Waals surface area contributed by atoms with E-state index in [1.165, 1.54) is 6.07 Å². The van der Waals surface area contributed by atoms with E-state index in [1.54, 1.807) is 19.9 Å². The van der Waals surface area contributed by atoms with Gasteiger partial charge >= 0.3 is 6.03 Å². The van der Waals surface area contributed by atoms with Gasteiger partial charge in [-0.3, -0.25) is 10.1 Å². The smallest absolute Gasteiger partial charge is 0.319 e. The summed E-state index contributed by atoms with van der Waals surface area (Å²) < 4.78 is 0. The molecule has 1 aromatic rings.